The van der Waals surface area contributed by atoms with Crippen molar-refractivity contribution in [1.29, 1.82) is 0 Å². The van der Waals surface area contributed by atoms with Crippen molar-refractivity contribution in [1.82, 2.24) is 5.32 Å². The van der Waals surface area contributed by atoms with E-state index in [0.29, 0.717) is 17.3 Å². The normalized spacial score (nSPS) is 20.5. The van der Waals surface area contributed by atoms with E-state index in [2.05, 4.69) is 5.32 Å². The SMILES string of the molecule is C[C@@H](N)C(=O)NC1CC(=O)N(c2ccccc2Cl)C1. The quantitative estimate of drug-likeness (QED) is 0.865. The zero-order valence-corrected chi connectivity index (χ0v) is 11.4. The Morgan fingerprint density at radius 2 is 2.21 bits per heavy atom. The molecule has 2 rings (SSSR count). The summed E-state index contributed by atoms with van der Waals surface area (Å²) in [6.45, 7) is 2.03. The zero-order chi connectivity index (χ0) is 14.0. The molecule has 1 saturated heterocycles. The maximum Gasteiger partial charge on any atom is 0.236 e. The number of nitrogens with one attached hydrogen (secondary N) is 1. The van der Waals surface area contributed by atoms with Gasteiger partial charge >= 0.3 is 0 Å². The van der Waals surface area contributed by atoms with Gasteiger partial charge in [-0.3, -0.25) is 9.59 Å². The molecule has 1 aromatic rings. The lowest BCUT2D eigenvalue weighted by Crippen LogP contribution is -2.44. The number of halogens is 1. The van der Waals surface area contributed by atoms with Crippen LogP contribution < -0.4 is 16.0 Å². The van der Waals surface area contributed by atoms with Crippen LogP contribution in [0.25, 0.3) is 0 Å². The first-order valence-corrected chi connectivity index (χ1v) is 6.47. The van der Waals surface area contributed by atoms with Gasteiger partial charge in [0.05, 0.1) is 22.8 Å². The predicted molar refractivity (Wildman–Crippen MR) is 74.0 cm³/mol. The molecule has 0 aliphatic carbocycles. The second-order valence-electron chi connectivity index (χ2n) is 4.65. The van der Waals surface area contributed by atoms with Crippen molar-refractivity contribution >= 4 is 29.1 Å². The molecule has 1 fully saturated rings. The van der Waals surface area contributed by atoms with E-state index in [1.807, 2.05) is 12.1 Å². The summed E-state index contributed by atoms with van der Waals surface area (Å²) >= 11 is 6.07. The van der Waals surface area contributed by atoms with Gasteiger partial charge in [0.15, 0.2) is 0 Å². The van der Waals surface area contributed by atoms with Crippen LogP contribution in [0.3, 0.4) is 0 Å². The summed E-state index contributed by atoms with van der Waals surface area (Å²) in [6, 6.07) is 6.35. The molecule has 5 nitrogen and oxygen atoms in total. The number of anilines is 1. The molecule has 0 aromatic heterocycles. The van der Waals surface area contributed by atoms with E-state index in [9.17, 15) is 9.59 Å². The third-order valence-corrected chi connectivity index (χ3v) is 3.35. The van der Waals surface area contributed by atoms with Gasteiger partial charge in [-0.1, -0.05) is 23.7 Å². The zero-order valence-electron chi connectivity index (χ0n) is 10.6. The van der Waals surface area contributed by atoms with E-state index in [-0.39, 0.29) is 24.3 Å². The number of carbonyl (C=O) groups is 2. The van der Waals surface area contributed by atoms with Crippen LogP contribution in [-0.4, -0.2) is 30.4 Å². The largest absolute Gasteiger partial charge is 0.350 e. The minimum atomic E-state index is -0.579. The highest BCUT2D eigenvalue weighted by Gasteiger charge is 2.32. The molecule has 0 radical (unpaired) electrons. The molecule has 1 aliphatic heterocycles. The highest BCUT2D eigenvalue weighted by atomic mass is 35.5. The van der Waals surface area contributed by atoms with E-state index in [1.165, 1.54) is 0 Å². The molecule has 1 heterocycles. The molecule has 3 N–H and O–H groups in total. The molecular weight excluding hydrogens is 266 g/mol. The standard InChI is InChI=1S/C13H16ClN3O2/c1-8(15)13(19)16-9-6-12(18)17(7-9)11-5-3-2-4-10(11)14/h2-5,8-9H,6-7,15H2,1H3,(H,16,19)/t8-,9?/m1/s1. The third kappa shape index (κ3) is 3.05. The summed E-state index contributed by atoms with van der Waals surface area (Å²) in [6.07, 6.45) is 0.268. The van der Waals surface area contributed by atoms with Crippen molar-refractivity contribution in [2.75, 3.05) is 11.4 Å². The molecule has 102 valence electrons. The van der Waals surface area contributed by atoms with Crippen molar-refractivity contribution in [3.8, 4) is 0 Å². The van der Waals surface area contributed by atoms with E-state index in [0.717, 1.165) is 0 Å². The lowest BCUT2D eigenvalue weighted by Gasteiger charge is -2.18. The first-order chi connectivity index (χ1) is 8.99. The molecule has 0 saturated carbocycles. The van der Waals surface area contributed by atoms with Crippen molar-refractivity contribution < 1.29 is 9.59 Å². The minimum Gasteiger partial charge on any atom is -0.350 e. The molecule has 19 heavy (non-hydrogen) atoms. The molecule has 1 aliphatic rings. The molecule has 1 unspecified atom stereocenters. The Morgan fingerprint density at radius 3 is 2.84 bits per heavy atom. The van der Waals surface area contributed by atoms with E-state index in [1.54, 1.807) is 24.0 Å². The van der Waals surface area contributed by atoms with Gasteiger partial charge in [0, 0.05) is 13.0 Å². The minimum absolute atomic E-state index is 0.0527. The molecular formula is C13H16ClN3O2. The maximum atomic E-state index is 12.0. The fraction of sp³-hybridized carbons (Fsp3) is 0.385. The smallest absolute Gasteiger partial charge is 0.236 e. The number of nitrogens with zero attached hydrogens (tertiary/aromatic N) is 1. The molecule has 2 amide bonds. The molecule has 6 heteroatoms. The Kier molecular flexibility index (Phi) is 4.07. The van der Waals surface area contributed by atoms with E-state index in [4.69, 9.17) is 17.3 Å². The second-order valence-corrected chi connectivity index (χ2v) is 5.06. The average molecular weight is 282 g/mol. The summed E-state index contributed by atoms with van der Waals surface area (Å²) in [5.74, 6) is -0.304. The summed E-state index contributed by atoms with van der Waals surface area (Å²) in [7, 11) is 0. The molecule has 0 spiro atoms. The fourth-order valence-electron chi connectivity index (χ4n) is 2.04. The Bertz CT molecular complexity index is 504. The first-order valence-electron chi connectivity index (χ1n) is 6.10. The lowest BCUT2D eigenvalue weighted by atomic mass is 10.2. The first kappa shape index (κ1) is 13.8. The van der Waals surface area contributed by atoms with Gasteiger partial charge in [0.2, 0.25) is 11.8 Å². The van der Waals surface area contributed by atoms with Crippen LogP contribution in [0.15, 0.2) is 24.3 Å². The summed E-state index contributed by atoms with van der Waals surface area (Å²) in [5.41, 5.74) is 6.16. The Balaban J connectivity index is 2.08. The summed E-state index contributed by atoms with van der Waals surface area (Å²) in [4.78, 5) is 25.1. The van der Waals surface area contributed by atoms with Crippen LogP contribution in [0.1, 0.15) is 13.3 Å². The molecule has 2 atom stereocenters. The third-order valence-electron chi connectivity index (χ3n) is 3.03. The van der Waals surface area contributed by atoms with Gasteiger partial charge in [-0.2, -0.15) is 0 Å². The molecule has 1 aromatic carbocycles. The highest BCUT2D eigenvalue weighted by molar-refractivity contribution is 6.33. The van der Waals surface area contributed by atoms with Gasteiger partial charge in [0.1, 0.15) is 0 Å². The van der Waals surface area contributed by atoms with Crippen LogP contribution in [0, 0.1) is 0 Å². The Morgan fingerprint density at radius 1 is 1.53 bits per heavy atom. The number of rotatable bonds is 3. The molecule has 0 bridgehead atoms. The summed E-state index contributed by atoms with van der Waals surface area (Å²) in [5, 5.41) is 3.28. The van der Waals surface area contributed by atoms with E-state index < -0.39 is 6.04 Å². The monoisotopic (exact) mass is 281 g/mol. The van der Waals surface area contributed by atoms with Gasteiger partial charge in [-0.15, -0.1) is 0 Å². The Labute approximate surface area is 116 Å². The van der Waals surface area contributed by atoms with E-state index >= 15 is 0 Å². The highest BCUT2D eigenvalue weighted by Crippen LogP contribution is 2.28. The van der Waals surface area contributed by atoms with Gasteiger partial charge in [-0.25, -0.2) is 0 Å². The van der Waals surface area contributed by atoms with Crippen molar-refractivity contribution in [2.45, 2.75) is 25.4 Å². The fourth-order valence-corrected chi connectivity index (χ4v) is 2.28. The van der Waals surface area contributed by atoms with Gasteiger partial charge in [-0.05, 0) is 19.1 Å². The number of carbonyl (C=O) groups excluding carboxylic acids is 2. The average Bonchev–Trinajstić information content (AvgIpc) is 2.70. The van der Waals surface area contributed by atoms with Gasteiger partial charge < -0.3 is 16.0 Å². The van der Waals surface area contributed by atoms with Gasteiger partial charge in [0.25, 0.3) is 0 Å². The number of hydrogen-bond acceptors (Lipinski definition) is 3. The number of hydrogen-bond donors (Lipinski definition) is 2. The maximum absolute atomic E-state index is 12.0. The summed E-state index contributed by atoms with van der Waals surface area (Å²) < 4.78 is 0. The van der Waals surface area contributed by atoms with Crippen molar-refractivity contribution in [3.63, 3.8) is 0 Å². The van der Waals surface area contributed by atoms with Crippen LogP contribution in [-0.2, 0) is 9.59 Å². The Hall–Kier alpha value is -1.59. The van der Waals surface area contributed by atoms with Crippen LogP contribution in [0.2, 0.25) is 5.02 Å². The lowest BCUT2D eigenvalue weighted by molar-refractivity contribution is -0.122. The van der Waals surface area contributed by atoms with Crippen molar-refractivity contribution in [2.24, 2.45) is 5.73 Å². The topological polar surface area (TPSA) is 75.4 Å². The number of amides is 2. The second kappa shape index (κ2) is 5.59. The number of benzene rings is 1. The number of para-hydroxylation sites is 1. The van der Waals surface area contributed by atoms with Crippen LogP contribution >= 0.6 is 11.6 Å². The van der Waals surface area contributed by atoms with Crippen molar-refractivity contribution in [3.05, 3.63) is 29.3 Å². The predicted octanol–water partition coefficient (Wildman–Crippen LogP) is 0.909. The van der Waals surface area contributed by atoms with Crippen LogP contribution in [0.5, 0.6) is 0 Å². The van der Waals surface area contributed by atoms with Crippen LogP contribution in [0.4, 0.5) is 5.69 Å². The number of nitrogens with two attached hydrogens (primary N) is 1.